The van der Waals surface area contributed by atoms with Crippen LogP contribution in [0.3, 0.4) is 0 Å². The van der Waals surface area contributed by atoms with Crippen LogP contribution in [0.25, 0.3) is 0 Å². The first-order valence-corrected chi connectivity index (χ1v) is 4.61. The molecule has 0 aromatic heterocycles. The van der Waals surface area contributed by atoms with Crippen LogP contribution in [0.4, 0.5) is 0 Å². The molecule has 0 atom stereocenters. The molecule has 0 amide bonds. The molecule has 2 aliphatic heterocycles. The minimum absolute atomic E-state index is 1.05. The van der Waals surface area contributed by atoms with Crippen LogP contribution in [-0.2, 0) is 27.1 Å². The maximum atomic E-state index is 3.31. The van der Waals surface area contributed by atoms with Gasteiger partial charge in [-0.15, -0.1) is 0 Å². The zero-order valence-corrected chi connectivity index (χ0v) is 7.42. The largest absolute Gasteiger partial charge is 0.309 e. The van der Waals surface area contributed by atoms with Crippen molar-refractivity contribution in [3.05, 3.63) is 35.4 Å². The van der Waals surface area contributed by atoms with Gasteiger partial charge in [0.2, 0.25) is 0 Å². The summed E-state index contributed by atoms with van der Waals surface area (Å²) >= 11 is 1.12. The number of rotatable bonds is 0. The standard InChI is InChI=1S/C8H9N.N2.Ni/c1-2-4-8-6-9-5-7(8)3-1;1-2;/h1-4,9H,5-6H2;;. The Morgan fingerprint density at radius 1 is 1.08 bits per heavy atom. The van der Waals surface area contributed by atoms with Crippen molar-refractivity contribution in [1.82, 2.24) is 5.32 Å². The van der Waals surface area contributed by atoms with Gasteiger partial charge in [-0.3, -0.25) is 0 Å². The molecule has 0 bridgehead atoms. The Labute approximate surface area is 76.6 Å². The molecule has 0 radical (unpaired) electrons. The molecule has 12 heavy (non-hydrogen) atoms. The molecule has 0 unspecified atom stereocenters. The number of nitrogens with zero attached hydrogens (tertiary/aromatic N) is 2. The van der Waals surface area contributed by atoms with Crippen LogP contribution < -0.4 is 5.32 Å². The molecule has 1 aromatic rings. The van der Waals surface area contributed by atoms with Crippen molar-refractivity contribution in [2.75, 3.05) is 0 Å². The Kier molecular flexibility index (Phi) is 2.49. The van der Waals surface area contributed by atoms with E-state index < -0.39 is 0 Å². The molecule has 0 saturated heterocycles. The molecule has 4 heteroatoms. The molecule has 2 aliphatic rings. The van der Waals surface area contributed by atoms with Crippen LogP contribution in [0, 0.1) is 0 Å². The number of benzene rings is 1. The van der Waals surface area contributed by atoms with Crippen molar-refractivity contribution in [2.24, 2.45) is 8.27 Å². The second kappa shape index (κ2) is 3.79. The third-order valence-electron chi connectivity index (χ3n) is 1.81. The van der Waals surface area contributed by atoms with Crippen molar-refractivity contribution >= 4 is 0 Å². The molecule has 0 spiro atoms. The topological polar surface area (TPSA) is 36.8 Å². The van der Waals surface area contributed by atoms with Crippen molar-refractivity contribution in [2.45, 2.75) is 13.1 Å². The fraction of sp³-hybridized carbons (Fsp3) is 0.250. The van der Waals surface area contributed by atoms with Crippen LogP contribution in [0.5, 0.6) is 0 Å². The monoisotopic (exact) mass is 205 g/mol. The van der Waals surface area contributed by atoms with E-state index in [1.54, 1.807) is 0 Å². The summed E-state index contributed by atoms with van der Waals surface area (Å²) in [4.78, 5) is 0. The molecule has 1 aromatic carbocycles. The van der Waals surface area contributed by atoms with Gasteiger partial charge in [-0.25, -0.2) is 0 Å². The molecule has 0 saturated carbocycles. The summed E-state index contributed by atoms with van der Waals surface area (Å²) in [6.07, 6.45) is 0. The molecule has 3 rings (SSSR count). The number of hydrogen-bond donors (Lipinski definition) is 1. The van der Waals surface area contributed by atoms with Crippen LogP contribution in [0.15, 0.2) is 32.5 Å². The van der Waals surface area contributed by atoms with Gasteiger partial charge in [0.1, 0.15) is 0 Å². The molecule has 2 heterocycles. The molecular weight excluding hydrogens is 197 g/mol. The fourth-order valence-electron chi connectivity index (χ4n) is 1.23. The molecular formula is C8H9N3Ni. The number of fused-ring (bicyclic) bond motifs is 1. The molecule has 3 nitrogen and oxygen atoms in total. The van der Waals surface area contributed by atoms with E-state index in [0.29, 0.717) is 0 Å². The Morgan fingerprint density at radius 3 is 2.00 bits per heavy atom. The minimum atomic E-state index is 1.05. The SMILES string of the molecule is [N]1=[Ni]=[N]1.c1ccc2c(c1)CNC2. The van der Waals surface area contributed by atoms with E-state index in [4.69, 9.17) is 0 Å². The normalized spacial score (nSPS) is 17.0. The Balaban J connectivity index is 0.000000159. The summed E-state index contributed by atoms with van der Waals surface area (Å²) in [5, 5.41) is 3.29. The predicted octanol–water partition coefficient (Wildman–Crippen LogP) is 1.65. The Morgan fingerprint density at radius 2 is 1.58 bits per heavy atom. The zero-order chi connectivity index (χ0) is 8.23. The third-order valence-corrected chi connectivity index (χ3v) is 2.01. The quantitative estimate of drug-likeness (QED) is 0.643. The van der Waals surface area contributed by atoms with E-state index in [0.717, 1.165) is 27.1 Å². The second-order valence-electron chi connectivity index (χ2n) is 2.56. The number of hydrogen-bond acceptors (Lipinski definition) is 3. The van der Waals surface area contributed by atoms with Gasteiger partial charge in [0, 0.05) is 13.1 Å². The van der Waals surface area contributed by atoms with Gasteiger partial charge in [-0.2, -0.15) is 0 Å². The van der Waals surface area contributed by atoms with E-state index in [1.807, 2.05) is 0 Å². The summed E-state index contributed by atoms with van der Waals surface area (Å²) in [5.74, 6) is 0. The Bertz CT molecular complexity index is 313. The van der Waals surface area contributed by atoms with Gasteiger partial charge in [-0.05, 0) is 11.1 Å². The molecule has 0 fully saturated rings. The van der Waals surface area contributed by atoms with E-state index in [1.165, 1.54) is 11.1 Å². The summed E-state index contributed by atoms with van der Waals surface area (Å²) < 4.78 is 6.62. The van der Waals surface area contributed by atoms with Crippen LogP contribution in [-0.4, -0.2) is 0 Å². The zero-order valence-electron chi connectivity index (χ0n) is 6.43. The van der Waals surface area contributed by atoms with E-state index in [-0.39, 0.29) is 0 Å². The maximum absolute atomic E-state index is 3.31. The van der Waals surface area contributed by atoms with Gasteiger partial charge in [0.05, 0.1) is 0 Å². The van der Waals surface area contributed by atoms with Gasteiger partial charge in [-0.1, -0.05) is 24.3 Å². The first kappa shape index (κ1) is 7.90. The first-order chi connectivity index (χ1) is 5.97. The van der Waals surface area contributed by atoms with Gasteiger partial charge in [0.25, 0.3) is 0 Å². The number of nitrogens with one attached hydrogen (secondary N) is 1. The maximum Gasteiger partial charge on any atom is 0.0211 e. The van der Waals surface area contributed by atoms with Crippen molar-refractivity contribution in [3.63, 3.8) is 0 Å². The molecule has 0 aliphatic carbocycles. The predicted molar refractivity (Wildman–Crippen MR) is 41.8 cm³/mol. The first-order valence-electron chi connectivity index (χ1n) is 3.72. The third kappa shape index (κ3) is 2.13. The van der Waals surface area contributed by atoms with Gasteiger partial charge in [0.15, 0.2) is 0 Å². The van der Waals surface area contributed by atoms with Crippen molar-refractivity contribution in [3.8, 4) is 0 Å². The van der Waals surface area contributed by atoms with E-state index >= 15 is 0 Å². The molecule has 66 valence electrons. The van der Waals surface area contributed by atoms with E-state index in [2.05, 4.69) is 37.9 Å². The second-order valence-corrected chi connectivity index (χ2v) is 3.15. The van der Waals surface area contributed by atoms with Crippen molar-refractivity contribution in [1.29, 1.82) is 0 Å². The van der Waals surface area contributed by atoms with E-state index in [9.17, 15) is 0 Å². The van der Waals surface area contributed by atoms with Crippen LogP contribution >= 0.6 is 0 Å². The smallest absolute Gasteiger partial charge is 0.0211 e. The summed E-state index contributed by atoms with van der Waals surface area (Å²) in [5.41, 5.74) is 2.91. The summed E-state index contributed by atoms with van der Waals surface area (Å²) in [6, 6.07) is 8.53. The summed E-state index contributed by atoms with van der Waals surface area (Å²) in [7, 11) is 0. The van der Waals surface area contributed by atoms with Gasteiger partial charge < -0.3 is 5.32 Å². The van der Waals surface area contributed by atoms with Crippen LogP contribution in [0.1, 0.15) is 11.1 Å². The minimum Gasteiger partial charge on any atom is -0.309 e. The van der Waals surface area contributed by atoms with Crippen molar-refractivity contribution < 1.29 is 14.0 Å². The Hall–Kier alpha value is -0.726. The molecule has 1 N–H and O–H groups in total. The summed E-state index contributed by atoms with van der Waals surface area (Å²) in [6.45, 7) is 2.10. The van der Waals surface area contributed by atoms with Crippen LogP contribution in [0.2, 0.25) is 0 Å². The average molecular weight is 206 g/mol. The fourth-order valence-corrected chi connectivity index (χ4v) is 1.23. The van der Waals surface area contributed by atoms with Gasteiger partial charge >= 0.3 is 22.3 Å². The average Bonchev–Trinajstić information content (AvgIpc) is 2.91.